The fraction of sp³-hybridized carbons (Fsp3) is 0.200. The van der Waals surface area contributed by atoms with E-state index in [4.69, 9.17) is 5.73 Å². The summed E-state index contributed by atoms with van der Waals surface area (Å²) in [6.45, 7) is 1.65. The zero-order valence-corrected chi connectivity index (χ0v) is 14.8. The van der Waals surface area contributed by atoms with Gasteiger partial charge >= 0.3 is 6.18 Å². The van der Waals surface area contributed by atoms with E-state index in [2.05, 4.69) is 38.5 Å². The number of benzene rings is 2. The van der Waals surface area contributed by atoms with Crippen LogP contribution in [0.1, 0.15) is 28.3 Å². The predicted octanol–water partition coefficient (Wildman–Crippen LogP) is 5.43. The van der Waals surface area contributed by atoms with E-state index in [9.17, 15) is 13.2 Å². The second-order valence-electron chi connectivity index (χ2n) is 4.71. The van der Waals surface area contributed by atoms with Crippen molar-refractivity contribution in [3.8, 4) is 0 Å². The maximum Gasteiger partial charge on any atom is 0.416 e. The number of hydrogen-bond acceptors (Lipinski definition) is 1. The first kappa shape index (κ1) is 16.8. The lowest BCUT2D eigenvalue weighted by atomic mass is 9.94. The molecule has 1 unspecified atom stereocenters. The number of halogens is 5. The summed E-state index contributed by atoms with van der Waals surface area (Å²) in [4.78, 5) is 0. The first-order valence-electron chi connectivity index (χ1n) is 6.08. The molecule has 0 aromatic heterocycles. The van der Waals surface area contributed by atoms with E-state index in [1.165, 1.54) is 6.07 Å². The van der Waals surface area contributed by atoms with Crippen molar-refractivity contribution < 1.29 is 13.2 Å². The van der Waals surface area contributed by atoms with E-state index in [0.29, 0.717) is 11.1 Å². The van der Waals surface area contributed by atoms with Crippen molar-refractivity contribution in [2.75, 3.05) is 0 Å². The highest BCUT2D eigenvalue weighted by Gasteiger charge is 2.31. The number of nitrogens with two attached hydrogens (primary N) is 1. The van der Waals surface area contributed by atoms with Gasteiger partial charge in [-0.3, -0.25) is 0 Å². The maximum atomic E-state index is 12.7. The van der Waals surface area contributed by atoms with Crippen LogP contribution in [-0.2, 0) is 6.18 Å². The van der Waals surface area contributed by atoms with E-state index < -0.39 is 17.8 Å². The van der Waals surface area contributed by atoms with Crippen molar-refractivity contribution in [1.29, 1.82) is 0 Å². The van der Waals surface area contributed by atoms with Crippen LogP contribution in [0.25, 0.3) is 0 Å². The van der Waals surface area contributed by atoms with E-state index in [-0.39, 0.29) is 0 Å². The van der Waals surface area contributed by atoms with Crippen LogP contribution in [0, 0.1) is 10.5 Å². The highest BCUT2D eigenvalue weighted by atomic mass is 127. The molecular weight excluding hydrogens is 458 g/mol. The molecule has 0 aliphatic rings. The summed E-state index contributed by atoms with van der Waals surface area (Å²) in [7, 11) is 0. The normalized spacial score (nSPS) is 13.3. The Bertz CT molecular complexity index is 670. The molecule has 1 atom stereocenters. The monoisotopic (exact) mass is 469 g/mol. The van der Waals surface area contributed by atoms with Crippen LogP contribution in [0.15, 0.2) is 40.9 Å². The third-order valence-corrected chi connectivity index (χ3v) is 4.70. The lowest BCUT2D eigenvalue weighted by Gasteiger charge is -2.18. The molecule has 0 spiro atoms. The van der Waals surface area contributed by atoms with Crippen molar-refractivity contribution in [3.05, 3.63) is 66.7 Å². The second-order valence-corrected chi connectivity index (χ2v) is 6.79. The SMILES string of the molecule is Cc1cc(C(F)(F)F)ccc1C(N)c1cc(Br)ccc1I. The zero-order valence-electron chi connectivity index (χ0n) is 11.0. The molecule has 0 radical (unpaired) electrons. The molecule has 0 heterocycles. The molecule has 0 bridgehead atoms. The van der Waals surface area contributed by atoms with E-state index in [0.717, 1.165) is 25.7 Å². The van der Waals surface area contributed by atoms with Crippen LogP contribution in [0.3, 0.4) is 0 Å². The molecule has 112 valence electrons. The van der Waals surface area contributed by atoms with Gasteiger partial charge in [0, 0.05) is 8.04 Å². The average molecular weight is 470 g/mol. The van der Waals surface area contributed by atoms with Crippen molar-refractivity contribution >= 4 is 38.5 Å². The smallest absolute Gasteiger partial charge is 0.320 e. The summed E-state index contributed by atoms with van der Waals surface area (Å²) in [6, 6.07) is 8.92. The highest BCUT2D eigenvalue weighted by molar-refractivity contribution is 14.1. The van der Waals surface area contributed by atoms with Crippen molar-refractivity contribution in [2.45, 2.75) is 19.1 Å². The first-order valence-corrected chi connectivity index (χ1v) is 7.95. The Hall–Kier alpha value is -0.600. The van der Waals surface area contributed by atoms with Gasteiger partial charge in [0.1, 0.15) is 0 Å². The van der Waals surface area contributed by atoms with Crippen LogP contribution in [-0.4, -0.2) is 0 Å². The van der Waals surface area contributed by atoms with Crippen molar-refractivity contribution in [2.24, 2.45) is 5.73 Å². The lowest BCUT2D eigenvalue weighted by molar-refractivity contribution is -0.137. The standard InChI is InChI=1S/C15H12BrF3IN/c1-8-6-9(15(17,18)19)2-4-11(8)14(21)12-7-10(16)3-5-13(12)20/h2-7,14H,21H2,1H3. The van der Waals surface area contributed by atoms with Gasteiger partial charge < -0.3 is 5.73 Å². The van der Waals surface area contributed by atoms with Gasteiger partial charge in [-0.2, -0.15) is 13.2 Å². The van der Waals surface area contributed by atoms with Crippen molar-refractivity contribution in [1.82, 2.24) is 0 Å². The van der Waals surface area contributed by atoms with Gasteiger partial charge in [-0.25, -0.2) is 0 Å². The van der Waals surface area contributed by atoms with Gasteiger partial charge in [-0.1, -0.05) is 22.0 Å². The average Bonchev–Trinajstić information content (AvgIpc) is 2.39. The molecule has 2 aromatic rings. The number of rotatable bonds is 2. The molecule has 6 heteroatoms. The van der Waals surface area contributed by atoms with Crippen LogP contribution >= 0.6 is 38.5 Å². The Balaban J connectivity index is 2.44. The van der Waals surface area contributed by atoms with E-state index in [1.54, 1.807) is 6.92 Å². The Kier molecular flexibility index (Phi) is 4.99. The topological polar surface area (TPSA) is 26.0 Å². The molecule has 2 rings (SSSR count). The van der Waals surface area contributed by atoms with Crippen LogP contribution < -0.4 is 5.73 Å². The van der Waals surface area contributed by atoms with Crippen molar-refractivity contribution in [3.63, 3.8) is 0 Å². The molecule has 0 saturated heterocycles. The molecule has 0 aliphatic heterocycles. The number of aryl methyl sites for hydroxylation is 1. The number of alkyl halides is 3. The summed E-state index contributed by atoms with van der Waals surface area (Å²) in [5.74, 6) is 0. The third kappa shape index (κ3) is 3.78. The highest BCUT2D eigenvalue weighted by Crippen LogP contribution is 2.33. The lowest BCUT2D eigenvalue weighted by Crippen LogP contribution is -2.16. The first-order chi connectivity index (χ1) is 9.70. The summed E-state index contributed by atoms with van der Waals surface area (Å²) in [5, 5.41) is 0. The molecule has 0 saturated carbocycles. The predicted molar refractivity (Wildman–Crippen MR) is 89.1 cm³/mol. The summed E-state index contributed by atoms with van der Waals surface area (Å²) in [5.41, 5.74) is 7.70. The van der Waals surface area contributed by atoms with E-state index in [1.807, 2.05) is 18.2 Å². The molecule has 1 nitrogen and oxygen atoms in total. The fourth-order valence-electron chi connectivity index (χ4n) is 2.12. The van der Waals surface area contributed by atoms with Crippen LogP contribution in [0.5, 0.6) is 0 Å². The van der Waals surface area contributed by atoms with Gasteiger partial charge in [-0.05, 0) is 76.5 Å². The molecular formula is C15H12BrF3IN. The number of hydrogen-bond donors (Lipinski definition) is 1. The molecule has 0 amide bonds. The van der Waals surface area contributed by atoms with Gasteiger partial charge in [0.25, 0.3) is 0 Å². The summed E-state index contributed by atoms with van der Waals surface area (Å²) >= 11 is 5.56. The van der Waals surface area contributed by atoms with Crippen LogP contribution in [0.2, 0.25) is 0 Å². The Labute approximate surface area is 143 Å². The minimum absolute atomic E-state index is 0.461. The molecule has 2 aromatic carbocycles. The molecule has 0 aliphatic carbocycles. The van der Waals surface area contributed by atoms with Crippen LogP contribution in [0.4, 0.5) is 13.2 Å². The molecule has 0 fully saturated rings. The van der Waals surface area contributed by atoms with Gasteiger partial charge in [0.15, 0.2) is 0 Å². The minimum atomic E-state index is -4.34. The quantitative estimate of drug-likeness (QED) is 0.583. The van der Waals surface area contributed by atoms with E-state index >= 15 is 0 Å². The minimum Gasteiger partial charge on any atom is -0.320 e. The van der Waals surface area contributed by atoms with Gasteiger partial charge in [0.05, 0.1) is 11.6 Å². The zero-order chi connectivity index (χ0) is 15.8. The Morgan fingerprint density at radius 1 is 1.10 bits per heavy atom. The second kappa shape index (κ2) is 6.26. The van der Waals surface area contributed by atoms with Gasteiger partial charge in [0.2, 0.25) is 0 Å². The summed E-state index contributed by atoms with van der Waals surface area (Å²) < 4.78 is 40.0. The fourth-order valence-corrected chi connectivity index (χ4v) is 3.17. The Morgan fingerprint density at radius 2 is 1.76 bits per heavy atom. The Morgan fingerprint density at radius 3 is 2.33 bits per heavy atom. The largest absolute Gasteiger partial charge is 0.416 e. The third-order valence-electron chi connectivity index (χ3n) is 3.23. The molecule has 2 N–H and O–H groups in total. The maximum absolute atomic E-state index is 12.7. The van der Waals surface area contributed by atoms with Gasteiger partial charge in [-0.15, -0.1) is 0 Å². The summed E-state index contributed by atoms with van der Waals surface area (Å²) in [6.07, 6.45) is -4.34. The molecule has 21 heavy (non-hydrogen) atoms.